The van der Waals surface area contributed by atoms with Crippen molar-refractivity contribution < 1.29 is 9.72 Å². The second-order valence-corrected chi connectivity index (χ2v) is 4.84. The molecule has 0 fully saturated rings. The number of amides is 1. The second-order valence-electron chi connectivity index (χ2n) is 4.09. The summed E-state index contributed by atoms with van der Waals surface area (Å²) in [5.74, 6) is 0.0899. The zero-order valence-electron chi connectivity index (χ0n) is 11.4. The first-order valence-electron chi connectivity index (χ1n) is 6.16. The Morgan fingerprint density at radius 2 is 2.24 bits per heavy atom. The summed E-state index contributed by atoms with van der Waals surface area (Å²) >= 11 is 1.05. The van der Waals surface area contributed by atoms with E-state index in [1.54, 1.807) is 13.8 Å². The van der Waals surface area contributed by atoms with Gasteiger partial charge in [-0.3, -0.25) is 20.2 Å². The van der Waals surface area contributed by atoms with Crippen molar-refractivity contribution in [2.45, 2.75) is 13.8 Å². The molecule has 8 nitrogen and oxygen atoms in total. The van der Waals surface area contributed by atoms with Crippen molar-refractivity contribution in [3.63, 3.8) is 0 Å². The zero-order valence-corrected chi connectivity index (χ0v) is 12.2. The Kier molecular flexibility index (Phi) is 4.43. The van der Waals surface area contributed by atoms with Crippen LogP contribution in [0.5, 0.6) is 0 Å². The number of para-hydroxylation sites is 1. The Bertz CT molecular complexity index is 685. The maximum atomic E-state index is 12.3. The van der Waals surface area contributed by atoms with Gasteiger partial charge in [0.2, 0.25) is 5.13 Å². The molecule has 9 heteroatoms. The van der Waals surface area contributed by atoms with Gasteiger partial charge in [-0.1, -0.05) is 6.07 Å². The van der Waals surface area contributed by atoms with Crippen LogP contribution in [-0.2, 0) is 0 Å². The minimum Gasteiger partial charge on any atom is -0.379 e. The fraction of sp³-hybridized carbons (Fsp3) is 0.250. The number of nitro groups is 1. The molecule has 0 saturated heterocycles. The van der Waals surface area contributed by atoms with Gasteiger partial charge in [0.05, 0.1) is 10.5 Å². The lowest BCUT2D eigenvalue weighted by molar-refractivity contribution is -0.384. The van der Waals surface area contributed by atoms with E-state index in [1.165, 1.54) is 18.2 Å². The molecule has 0 aliphatic heterocycles. The molecule has 1 amide bonds. The number of rotatable bonds is 5. The number of aromatic nitrogens is 2. The number of hydrogen-bond acceptors (Lipinski definition) is 7. The molecule has 2 rings (SSSR count). The monoisotopic (exact) mass is 307 g/mol. The average Bonchev–Trinajstić information content (AvgIpc) is 2.84. The Morgan fingerprint density at radius 3 is 2.81 bits per heavy atom. The van der Waals surface area contributed by atoms with Crippen LogP contribution < -0.4 is 10.6 Å². The number of carbonyl (C=O) groups is 1. The first-order chi connectivity index (χ1) is 10.0. The zero-order chi connectivity index (χ0) is 15.4. The van der Waals surface area contributed by atoms with Crippen molar-refractivity contribution in [2.75, 3.05) is 17.2 Å². The Balaban J connectivity index is 2.35. The molecule has 1 aromatic carbocycles. The third-order valence-corrected chi connectivity index (χ3v) is 3.31. The summed E-state index contributed by atoms with van der Waals surface area (Å²) in [6, 6.07) is 4.34. The third kappa shape index (κ3) is 3.31. The Morgan fingerprint density at radius 1 is 1.48 bits per heavy atom. The fourth-order valence-corrected chi connectivity index (χ4v) is 2.33. The minimum absolute atomic E-state index is 0.141. The van der Waals surface area contributed by atoms with Gasteiger partial charge in [-0.05, 0) is 19.9 Å². The van der Waals surface area contributed by atoms with Crippen molar-refractivity contribution in [1.82, 2.24) is 9.36 Å². The smallest absolute Gasteiger partial charge is 0.293 e. The fourth-order valence-electron chi connectivity index (χ4n) is 1.76. The van der Waals surface area contributed by atoms with Gasteiger partial charge in [0, 0.05) is 24.1 Å². The number of benzene rings is 1. The van der Waals surface area contributed by atoms with E-state index < -0.39 is 10.8 Å². The van der Waals surface area contributed by atoms with Crippen LogP contribution in [0.2, 0.25) is 0 Å². The molecule has 0 radical (unpaired) electrons. The highest BCUT2D eigenvalue weighted by atomic mass is 32.1. The molecule has 0 atom stereocenters. The molecule has 0 aliphatic rings. The van der Waals surface area contributed by atoms with Crippen molar-refractivity contribution in [3.8, 4) is 0 Å². The molecule has 0 unspecified atom stereocenters. The Labute approximate surface area is 124 Å². The lowest BCUT2D eigenvalue weighted by Gasteiger charge is -2.10. The van der Waals surface area contributed by atoms with Gasteiger partial charge < -0.3 is 5.32 Å². The van der Waals surface area contributed by atoms with Gasteiger partial charge in [0.15, 0.2) is 0 Å². The summed E-state index contributed by atoms with van der Waals surface area (Å²) in [5.41, 5.74) is 0.251. The molecule has 2 aromatic rings. The molecule has 0 bridgehead atoms. The summed E-state index contributed by atoms with van der Waals surface area (Å²) in [7, 11) is 0. The molecule has 110 valence electrons. The largest absolute Gasteiger partial charge is 0.379 e. The quantitative estimate of drug-likeness (QED) is 0.648. The Hall–Kier alpha value is -2.55. The highest BCUT2D eigenvalue weighted by Crippen LogP contribution is 2.28. The highest BCUT2D eigenvalue weighted by Gasteiger charge is 2.21. The lowest BCUT2D eigenvalue weighted by atomic mass is 10.1. The van der Waals surface area contributed by atoms with Gasteiger partial charge in [-0.25, -0.2) is 4.98 Å². The van der Waals surface area contributed by atoms with E-state index in [0.29, 0.717) is 17.5 Å². The van der Waals surface area contributed by atoms with E-state index in [0.717, 1.165) is 11.5 Å². The van der Waals surface area contributed by atoms with E-state index in [4.69, 9.17) is 0 Å². The van der Waals surface area contributed by atoms with E-state index >= 15 is 0 Å². The van der Waals surface area contributed by atoms with E-state index in [2.05, 4.69) is 20.0 Å². The van der Waals surface area contributed by atoms with Crippen LogP contribution in [0.4, 0.5) is 16.5 Å². The van der Waals surface area contributed by atoms with Crippen molar-refractivity contribution >= 4 is 33.9 Å². The third-order valence-electron chi connectivity index (χ3n) is 2.59. The predicted molar refractivity (Wildman–Crippen MR) is 79.9 cm³/mol. The van der Waals surface area contributed by atoms with E-state index in [-0.39, 0.29) is 16.9 Å². The number of nitrogens with zero attached hydrogens (tertiary/aromatic N) is 3. The molecule has 0 saturated carbocycles. The minimum atomic E-state index is -0.524. The molecule has 1 aromatic heterocycles. The van der Waals surface area contributed by atoms with Gasteiger partial charge in [0.25, 0.3) is 11.6 Å². The number of aryl methyl sites for hydroxylation is 1. The van der Waals surface area contributed by atoms with Crippen LogP contribution in [0.25, 0.3) is 0 Å². The van der Waals surface area contributed by atoms with Crippen molar-refractivity contribution in [2.24, 2.45) is 0 Å². The standard InChI is InChI=1S/C12H13N5O3S/c1-3-13-10-8(5-4-6-9(10)17(19)20)11(18)15-12-14-7(2)16-21-12/h4-6,13H,3H2,1-2H3,(H,14,15,16,18). The number of nitro benzene ring substituents is 1. The number of hydrogen-bond donors (Lipinski definition) is 2. The maximum Gasteiger partial charge on any atom is 0.293 e. The highest BCUT2D eigenvalue weighted by molar-refractivity contribution is 7.09. The summed E-state index contributed by atoms with van der Waals surface area (Å²) < 4.78 is 3.96. The molecular weight excluding hydrogens is 294 g/mol. The second kappa shape index (κ2) is 6.27. The molecule has 21 heavy (non-hydrogen) atoms. The van der Waals surface area contributed by atoms with Crippen LogP contribution in [0, 0.1) is 17.0 Å². The van der Waals surface area contributed by atoms with Gasteiger partial charge in [-0.2, -0.15) is 4.37 Å². The van der Waals surface area contributed by atoms with Crippen LogP contribution in [0.15, 0.2) is 18.2 Å². The molecule has 1 heterocycles. The van der Waals surface area contributed by atoms with Crippen LogP contribution in [0.3, 0.4) is 0 Å². The van der Waals surface area contributed by atoms with Crippen molar-refractivity contribution in [3.05, 3.63) is 39.7 Å². The van der Waals surface area contributed by atoms with E-state index in [1.807, 2.05) is 0 Å². The first-order valence-corrected chi connectivity index (χ1v) is 6.93. The summed E-state index contributed by atoms with van der Waals surface area (Å²) in [4.78, 5) is 26.8. The SMILES string of the molecule is CCNc1c(C(=O)Nc2nc(C)ns2)cccc1[N+](=O)[O-]. The lowest BCUT2D eigenvalue weighted by Crippen LogP contribution is -2.15. The average molecular weight is 307 g/mol. The number of nitrogens with one attached hydrogen (secondary N) is 2. The van der Waals surface area contributed by atoms with Gasteiger partial charge in [-0.15, -0.1) is 0 Å². The molecule has 0 spiro atoms. The van der Waals surface area contributed by atoms with Crippen LogP contribution in [-0.4, -0.2) is 26.7 Å². The maximum absolute atomic E-state index is 12.3. The molecule has 0 aliphatic carbocycles. The molecule has 2 N–H and O–H groups in total. The summed E-state index contributed by atoms with van der Waals surface area (Å²) in [6.07, 6.45) is 0. The predicted octanol–water partition coefficient (Wildman–Crippen LogP) is 2.44. The summed E-state index contributed by atoms with van der Waals surface area (Å²) in [6.45, 7) is 3.97. The van der Waals surface area contributed by atoms with Crippen LogP contribution in [0.1, 0.15) is 23.1 Å². The number of carbonyl (C=O) groups excluding carboxylic acids is 1. The number of anilines is 2. The van der Waals surface area contributed by atoms with Gasteiger partial charge >= 0.3 is 0 Å². The molecular formula is C12H13N5O3S. The van der Waals surface area contributed by atoms with Crippen LogP contribution >= 0.6 is 11.5 Å². The first kappa shape index (κ1) is 14.9. The topological polar surface area (TPSA) is 110 Å². The van der Waals surface area contributed by atoms with E-state index in [9.17, 15) is 14.9 Å². The van der Waals surface area contributed by atoms with Gasteiger partial charge in [0.1, 0.15) is 11.5 Å². The normalized spacial score (nSPS) is 10.2. The summed E-state index contributed by atoms with van der Waals surface area (Å²) in [5, 5.41) is 16.9. The van der Waals surface area contributed by atoms with Crippen molar-refractivity contribution in [1.29, 1.82) is 0 Å².